The van der Waals surface area contributed by atoms with Crippen molar-refractivity contribution in [2.24, 2.45) is 0 Å². The molecular formula is C9H10N4OS2. The van der Waals surface area contributed by atoms with Gasteiger partial charge < -0.3 is 10.5 Å². The SMILES string of the molecule is COc1ccc(CSc2nnc(N)s2)nc1. The van der Waals surface area contributed by atoms with Gasteiger partial charge in [-0.3, -0.25) is 4.98 Å². The van der Waals surface area contributed by atoms with Gasteiger partial charge in [0.1, 0.15) is 5.75 Å². The highest BCUT2D eigenvalue weighted by Crippen LogP contribution is 2.26. The lowest BCUT2D eigenvalue weighted by atomic mass is 10.4. The second kappa shape index (κ2) is 5.13. The van der Waals surface area contributed by atoms with E-state index < -0.39 is 0 Å². The molecule has 0 bridgehead atoms. The number of hydrogen-bond acceptors (Lipinski definition) is 7. The Bertz CT molecular complexity index is 457. The van der Waals surface area contributed by atoms with Crippen LogP contribution in [0, 0.1) is 0 Å². The van der Waals surface area contributed by atoms with Gasteiger partial charge in [-0.05, 0) is 12.1 Å². The van der Waals surface area contributed by atoms with E-state index in [-0.39, 0.29) is 0 Å². The monoisotopic (exact) mass is 254 g/mol. The number of hydrogen-bond donors (Lipinski definition) is 1. The van der Waals surface area contributed by atoms with Crippen LogP contribution in [-0.4, -0.2) is 22.3 Å². The van der Waals surface area contributed by atoms with E-state index >= 15 is 0 Å². The van der Waals surface area contributed by atoms with E-state index in [1.807, 2.05) is 12.1 Å². The summed E-state index contributed by atoms with van der Waals surface area (Å²) in [5.74, 6) is 1.51. The first-order valence-electron chi connectivity index (χ1n) is 4.48. The summed E-state index contributed by atoms with van der Waals surface area (Å²) < 4.78 is 5.89. The summed E-state index contributed by atoms with van der Waals surface area (Å²) in [5, 5.41) is 8.15. The molecule has 0 saturated heterocycles. The molecule has 0 fully saturated rings. The number of aromatic nitrogens is 3. The summed E-state index contributed by atoms with van der Waals surface area (Å²) in [6.45, 7) is 0. The van der Waals surface area contributed by atoms with Crippen molar-refractivity contribution in [1.29, 1.82) is 0 Å². The standard InChI is InChI=1S/C9H10N4OS2/c1-14-7-3-2-6(11-4-7)5-15-9-13-12-8(10)16-9/h2-4H,5H2,1H3,(H2,10,12). The Labute approximate surface area is 101 Å². The number of ether oxygens (including phenoxy) is 1. The van der Waals surface area contributed by atoms with Crippen molar-refractivity contribution in [3.8, 4) is 5.75 Å². The van der Waals surface area contributed by atoms with E-state index in [1.165, 1.54) is 11.3 Å². The molecule has 0 radical (unpaired) electrons. The fourth-order valence-corrected chi connectivity index (χ4v) is 2.58. The molecule has 7 heteroatoms. The summed E-state index contributed by atoms with van der Waals surface area (Å²) in [6.07, 6.45) is 1.70. The molecular weight excluding hydrogens is 244 g/mol. The highest BCUT2D eigenvalue weighted by atomic mass is 32.2. The maximum Gasteiger partial charge on any atom is 0.203 e. The molecule has 0 aliphatic carbocycles. The lowest BCUT2D eigenvalue weighted by molar-refractivity contribution is 0.412. The van der Waals surface area contributed by atoms with E-state index in [9.17, 15) is 0 Å². The third kappa shape index (κ3) is 2.83. The first-order valence-corrected chi connectivity index (χ1v) is 6.29. The Morgan fingerprint density at radius 2 is 2.31 bits per heavy atom. The zero-order chi connectivity index (χ0) is 11.4. The van der Waals surface area contributed by atoms with Crippen LogP contribution in [0.2, 0.25) is 0 Å². The smallest absolute Gasteiger partial charge is 0.203 e. The average molecular weight is 254 g/mol. The van der Waals surface area contributed by atoms with Gasteiger partial charge in [-0.2, -0.15) is 0 Å². The van der Waals surface area contributed by atoms with Crippen LogP contribution in [0.15, 0.2) is 22.7 Å². The number of nitrogens with two attached hydrogens (primary N) is 1. The summed E-state index contributed by atoms with van der Waals surface area (Å²) in [4.78, 5) is 4.25. The first-order chi connectivity index (χ1) is 7.78. The van der Waals surface area contributed by atoms with Crippen LogP contribution in [0.25, 0.3) is 0 Å². The quantitative estimate of drug-likeness (QED) is 0.839. The molecule has 0 spiro atoms. The zero-order valence-electron chi connectivity index (χ0n) is 8.58. The highest BCUT2D eigenvalue weighted by molar-refractivity contribution is 8.00. The molecule has 2 aromatic heterocycles. The van der Waals surface area contributed by atoms with E-state index in [0.29, 0.717) is 5.13 Å². The van der Waals surface area contributed by atoms with Crippen LogP contribution in [0.5, 0.6) is 5.75 Å². The number of pyridine rings is 1. The van der Waals surface area contributed by atoms with Crippen molar-refractivity contribution < 1.29 is 4.74 Å². The summed E-state index contributed by atoms with van der Waals surface area (Å²) in [7, 11) is 1.62. The van der Waals surface area contributed by atoms with Crippen LogP contribution in [0.4, 0.5) is 5.13 Å². The van der Waals surface area contributed by atoms with Crippen LogP contribution in [0.1, 0.15) is 5.69 Å². The van der Waals surface area contributed by atoms with Gasteiger partial charge in [0.15, 0.2) is 4.34 Å². The molecule has 16 heavy (non-hydrogen) atoms. The normalized spacial score (nSPS) is 10.3. The minimum absolute atomic E-state index is 0.491. The number of methoxy groups -OCH3 is 1. The molecule has 2 heterocycles. The predicted octanol–water partition coefficient (Wildman–Crippen LogP) is 1.82. The van der Waals surface area contributed by atoms with Crippen molar-refractivity contribution in [3.05, 3.63) is 24.0 Å². The van der Waals surface area contributed by atoms with E-state index in [1.54, 1.807) is 25.1 Å². The van der Waals surface area contributed by atoms with E-state index in [0.717, 1.165) is 21.5 Å². The molecule has 84 valence electrons. The Morgan fingerprint density at radius 3 is 2.88 bits per heavy atom. The average Bonchev–Trinajstić information content (AvgIpc) is 2.73. The molecule has 0 amide bonds. The maximum absolute atomic E-state index is 5.48. The lowest BCUT2D eigenvalue weighted by Crippen LogP contribution is -1.88. The molecule has 0 atom stereocenters. The molecule has 2 rings (SSSR count). The first kappa shape index (κ1) is 11.2. The van der Waals surface area contributed by atoms with Crippen molar-refractivity contribution in [1.82, 2.24) is 15.2 Å². The van der Waals surface area contributed by atoms with Gasteiger partial charge in [0.2, 0.25) is 5.13 Å². The third-order valence-electron chi connectivity index (χ3n) is 1.80. The van der Waals surface area contributed by atoms with Crippen molar-refractivity contribution in [2.45, 2.75) is 10.1 Å². The summed E-state index contributed by atoms with van der Waals surface area (Å²) in [6, 6.07) is 3.81. The van der Waals surface area contributed by atoms with E-state index in [4.69, 9.17) is 10.5 Å². The Kier molecular flexibility index (Phi) is 3.58. The van der Waals surface area contributed by atoms with Crippen molar-refractivity contribution in [3.63, 3.8) is 0 Å². The van der Waals surface area contributed by atoms with Crippen LogP contribution in [-0.2, 0) is 5.75 Å². The number of anilines is 1. The molecule has 2 aromatic rings. The van der Waals surface area contributed by atoms with Crippen LogP contribution < -0.4 is 10.5 Å². The predicted molar refractivity (Wildman–Crippen MR) is 64.7 cm³/mol. The van der Waals surface area contributed by atoms with Crippen LogP contribution in [0.3, 0.4) is 0 Å². The van der Waals surface area contributed by atoms with Gasteiger partial charge in [0, 0.05) is 5.75 Å². The molecule has 2 N–H and O–H groups in total. The highest BCUT2D eigenvalue weighted by Gasteiger charge is 2.03. The second-order valence-corrected chi connectivity index (χ2v) is 5.12. The Hall–Kier alpha value is -1.34. The lowest BCUT2D eigenvalue weighted by Gasteiger charge is -2.00. The molecule has 0 aliphatic heterocycles. The third-order valence-corrected chi connectivity index (χ3v) is 3.72. The Balaban J connectivity index is 1.94. The van der Waals surface area contributed by atoms with Crippen molar-refractivity contribution >= 4 is 28.2 Å². The molecule has 0 aromatic carbocycles. The summed E-state index contributed by atoms with van der Waals surface area (Å²) in [5.41, 5.74) is 6.46. The number of thioether (sulfide) groups is 1. The van der Waals surface area contributed by atoms with Crippen LogP contribution >= 0.6 is 23.1 Å². The number of nitrogen functional groups attached to an aromatic ring is 1. The fraction of sp³-hybridized carbons (Fsp3) is 0.222. The van der Waals surface area contributed by atoms with Gasteiger partial charge in [0.25, 0.3) is 0 Å². The van der Waals surface area contributed by atoms with Gasteiger partial charge in [0.05, 0.1) is 19.0 Å². The fourth-order valence-electron chi connectivity index (χ4n) is 1.03. The molecule has 0 unspecified atom stereocenters. The molecule has 0 saturated carbocycles. The number of rotatable bonds is 4. The second-order valence-electron chi connectivity index (χ2n) is 2.88. The largest absolute Gasteiger partial charge is 0.495 e. The minimum atomic E-state index is 0.491. The van der Waals surface area contributed by atoms with Gasteiger partial charge in [-0.1, -0.05) is 23.1 Å². The van der Waals surface area contributed by atoms with E-state index in [2.05, 4.69) is 15.2 Å². The maximum atomic E-state index is 5.48. The zero-order valence-corrected chi connectivity index (χ0v) is 10.2. The Morgan fingerprint density at radius 1 is 1.44 bits per heavy atom. The molecule has 0 aliphatic rings. The van der Waals surface area contributed by atoms with Gasteiger partial charge in [-0.15, -0.1) is 10.2 Å². The summed E-state index contributed by atoms with van der Waals surface area (Å²) >= 11 is 2.95. The van der Waals surface area contributed by atoms with Gasteiger partial charge in [-0.25, -0.2) is 0 Å². The number of nitrogens with zero attached hydrogens (tertiary/aromatic N) is 3. The van der Waals surface area contributed by atoms with Gasteiger partial charge >= 0.3 is 0 Å². The minimum Gasteiger partial charge on any atom is -0.495 e. The molecule has 5 nitrogen and oxygen atoms in total. The van der Waals surface area contributed by atoms with Crippen molar-refractivity contribution in [2.75, 3.05) is 12.8 Å². The topological polar surface area (TPSA) is 73.9 Å².